The number of hydrogen-bond donors (Lipinski definition) is 3. The van der Waals surface area contributed by atoms with Crippen molar-refractivity contribution in [3.63, 3.8) is 0 Å². The highest BCUT2D eigenvalue weighted by molar-refractivity contribution is 6.32. The molecule has 3 N–H and O–H groups in total. The molecule has 0 spiro atoms. The summed E-state index contributed by atoms with van der Waals surface area (Å²) in [6.07, 6.45) is 1.33. The average molecular weight is 369 g/mol. The van der Waals surface area contributed by atoms with Crippen molar-refractivity contribution in [1.82, 2.24) is 5.43 Å². The number of amides is 1. The van der Waals surface area contributed by atoms with Crippen molar-refractivity contribution >= 4 is 35.3 Å². The third-order valence-corrected chi connectivity index (χ3v) is 3.46. The van der Waals surface area contributed by atoms with Crippen molar-refractivity contribution in [3.05, 3.63) is 51.5 Å². The Balaban J connectivity index is 2.14. The van der Waals surface area contributed by atoms with Gasteiger partial charge in [0.1, 0.15) is 5.75 Å². The van der Waals surface area contributed by atoms with Gasteiger partial charge in [-0.05, 0) is 42.8 Å². The minimum atomic E-state index is -0.624. The van der Waals surface area contributed by atoms with E-state index in [9.17, 15) is 15.0 Å². The maximum absolute atomic E-state index is 12.0. The van der Waals surface area contributed by atoms with E-state index < -0.39 is 5.91 Å². The molecule has 1 amide bonds. The van der Waals surface area contributed by atoms with Gasteiger partial charge in [-0.25, -0.2) is 5.43 Å². The maximum Gasteiger partial charge on any atom is 0.275 e. The average Bonchev–Trinajstić information content (AvgIpc) is 2.54. The summed E-state index contributed by atoms with van der Waals surface area (Å²) in [5.41, 5.74) is 2.78. The number of nitrogens with one attached hydrogen (secondary N) is 1. The Morgan fingerprint density at radius 3 is 2.75 bits per heavy atom. The van der Waals surface area contributed by atoms with Gasteiger partial charge in [0.05, 0.1) is 23.4 Å². The molecule has 2 rings (SSSR count). The number of ether oxygens (including phenoxy) is 1. The quantitative estimate of drug-likeness (QED) is 0.555. The van der Waals surface area contributed by atoms with Gasteiger partial charge in [-0.3, -0.25) is 4.79 Å². The Morgan fingerprint density at radius 2 is 2.04 bits per heavy atom. The van der Waals surface area contributed by atoms with Crippen LogP contribution in [0.25, 0.3) is 0 Å². The highest BCUT2D eigenvalue weighted by atomic mass is 35.5. The molecule has 8 heteroatoms. The van der Waals surface area contributed by atoms with Crippen LogP contribution in [0.5, 0.6) is 17.2 Å². The third kappa shape index (κ3) is 4.31. The van der Waals surface area contributed by atoms with Crippen molar-refractivity contribution in [3.8, 4) is 17.2 Å². The van der Waals surface area contributed by atoms with Crippen LogP contribution in [0.15, 0.2) is 35.4 Å². The van der Waals surface area contributed by atoms with E-state index >= 15 is 0 Å². The molecule has 0 atom stereocenters. The second kappa shape index (κ2) is 7.90. The lowest BCUT2D eigenvalue weighted by molar-refractivity contribution is 0.0952. The topological polar surface area (TPSA) is 91.2 Å². The summed E-state index contributed by atoms with van der Waals surface area (Å²) in [5, 5.41) is 23.6. The highest BCUT2D eigenvalue weighted by Crippen LogP contribution is 2.34. The van der Waals surface area contributed by atoms with Crippen LogP contribution in [-0.2, 0) is 0 Å². The zero-order valence-electron chi connectivity index (χ0n) is 12.6. The molecule has 0 heterocycles. The van der Waals surface area contributed by atoms with Crippen LogP contribution in [0, 0.1) is 0 Å². The highest BCUT2D eigenvalue weighted by Gasteiger charge is 2.11. The Kier molecular flexibility index (Phi) is 5.89. The first-order valence-corrected chi connectivity index (χ1v) is 7.65. The fraction of sp³-hybridized carbons (Fsp3) is 0.125. The summed E-state index contributed by atoms with van der Waals surface area (Å²) in [7, 11) is 0. The molecule has 2 aromatic rings. The molecule has 0 aliphatic heterocycles. The normalized spacial score (nSPS) is 10.8. The Hall–Kier alpha value is -2.44. The largest absolute Gasteiger partial charge is 0.507 e. The standard InChI is InChI=1S/C16H14Cl2N2O4/c1-2-24-14-6-9(5-12(18)15(14)22)8-19-20-16(23)11-7-10(17)3-4-13(11)21/h3-8,21-22H,2H2,1H3,(H,20,23)/b19-8+. The maximum atomic E-state index is 12.0. The lowest BCUT2D eigenvalue weighted by Gasteiger charge is -2.08. The predicted molar refractivity (Wildman–Crippen MR) is 92.5 cm³/mol. The number of aromatic hydroxyl groups is 2. The van der Waals surface area contributed by atoms with E-state index in [4.69, 9.17) is 27.9 Å². The smallest absolute Gasteiger partial charge is 0.275 e. The van der Waals surface area contributed by atoms with Crippen LogP contribution < -0.4 is 10.2 Å². The summed E-state index contributed by atoms with van der Waals surface area (Å²) in [6, 6.07) is 7.09. The van der Waals surface area contributed by atoms with Gasteiger partial charge in [0.2, 0.25) is 0 Å². The number of halogens is 2. The molecule has 0 unspecified atom stereocenters. The molecule has 0 bridgehead atoms. The summed E-state index contributed by atoms with van der Waals surface area (Å²) in [5.74, 6) is -0.784. The van der Waals surface area contributed by atoms with Crippen molar-refractivity contribution in [1.29, 1.82) is 0 Å². The number of rotatable bonds is 5. The van der Waals surface area contributed by atoms with Gasteiger partial charge in [0.25, 0.3) is 5.91 Å². The van der Waals surface area contributed by atoms with Crippen LogP contribution in [0.3, 0.4) is 0 Å². The zero-order valence-corrected chi connectivity index (χ0v) is 14.1. The van der Waals surface area contributed by atoms with Gasteiger partial charge >= 0.3 is 0 Å². The van der Waals surface area contributed by atoms with Crippen molar-refractivity contribution in [2.75, 3.05) is 6.61 Å². The Labute approximate surface area is 148 Å². The van der Waals surface area contributed by atoms with E-state index in [2.05, 4.69) is 10.5 Å². The molecule has 0 saturated carbocycles. The summed E-state index contributed by atoms with van der Waals surface area (Å²) < 4.78 is 5.25. The van der Waals surface area contributed by atoms with Gasteiger partial charge < -0.3 is 14.9 Å². The van der Waals surface area contributed by atoms with Gasteiger partial charge in [-0.15, -0.1) is 0 Å². The summed E-state index contributed by atoms with van der Waals surface area (Å²) >= 11 is 11.7. The van der Waals surface area contributed by atoms with Gasteiger partial charge in [-0.2, -0.15) is 5.10 Å². The fourth-order valence-corrected chi connectivity index (χ4v) is 2.24. The SMILES string of the molecule is CCOc1cc(/C=N/NC(=O)c2cc(Cl)ccc2O)cc(Cl)c1O. The van der Waals surface area contributed by atoms with Crippen LogP contribution in [0.1, 0.15) is 22.8 Å². The first kappa shape index (κ1) is 17.9. The van der Waals surface area contributed by atoms with Crippen LogP contribution in [0.2, 0.25) is 10.0 Å². The molecule has 2 aromatic carbocycles. The molecule has 0 aromatic heterocycles. The first-order chi connectivity index (χ1) is 11.4. The van der Waals surface area contributed by atoms with E-state index in [1.165, 1.54) is 36.5 Å². The van der Waals surface area contributed by atoms with Crippen LogP contribution in [0.4, 0.5) is 0 Å². The second-order valence-corrected chi connectivity index (χ2v) is 5.49. The monoisotopic (exact) mass is 368 g/mol. The van der Waals surface area contributed by atoms with E-state index in [-0.39, 0.29) is 27.8 Å². The van der Waals surface area contributed by atoms with Crippen molar-refractivity contribution in [2.24, 2.45) is 5.10 Å². The van der Waals surface area contributed by atoms with E-state index in [0.717, 1.165) is 0 Å². The zero-order chi connectivity index (χ0) is 17.7. The molecule has 0 saturated heterocycles. The number of phenols is 2. The number of nitrogens with zero attached hydrogens (tertiary/aromatic N) is 1. The number of hydrazone groups is 1. The van der Waals surface area contributed by atoms with E-state index in [1.54, 1.807) is 6.92 Å². The fourth-order valence-electron chi connectivity index (χ4n) is 1.85. The van der Waals surface area contributed by atoms with Crippen molar-refractivity contribution < 1.29 is 19.7 Å². The Bertz CT molecular complexity index is 794. The first-order valence-electron chi connectivity index (χ1n) is 6.89. The molecule has 0 aliphatic rings. The van der Waals surface area contributed by atoms with Crippen molar-refractivity contribution in [2.45, 2.75) is 6.92 Å². The van der Waals surface area contributed by atoms with E-state index in [1.807, 2.05) is 0 Å². The van der Waals surface area contributed by atoms with Crippen LogP contribution in [-0.4, -0.2) is 28.9 Å². The lowest BCUT2D eigenvalue weighted by Crippen LogP contribution is -2.17. The van der Waals surface area contributed by atoms with Gasteiger partial charge in [0, 0.05) is 5.02 Å². The van der Waals surface area contributed by atoms with E-state index in [0.29, 0.717) is 17.2 Å². The molecular formula is C16H14Cl2N2O4. The molecule has 126 valence electrons. The number of phenolic OH excluding ortho intramolecular Hbond substituents is 2. The molecule has 0 aliphatic carbocycles. The molecule has 0 radical (unpaired) electrons. The molecule has 6 nitrogen and oxygen atoms in total. The molecule has 24 heavy (non-hydrogen) atoms. The van der Waals surface area contributed by atoms with Crippen LogP contribution >= 0.6 is 23.2 Å². The summed E-state index contributed by atoms with van der Waals surface area (Å²) in [4.78, 5) is 12.0. The predicted octanol–water partition coefficient (Wildman–Crippen LogP) is 3.57. The summed E-state index contributed by atoms with van der Waals surface area (Å²) in [6.45, 7) is 2.13. The number of benzene rings is 2. The lowest BCUT2D eigenvalue weighted by atomic mass is 10.2. The number of carbonyl (C=O) groups excluding carboxylic acids is 1. The van der Waals surface area contributed by atoms with Gasteiger partial charge in [-0.1, -0.05) is 23.2 Å². The third-order valence-electron chi connectivity index (χ3n) is 2.93. The molecule has 0 fully saturated rings. The second-order valence-electron chi connectivity index (χ2n) is 4.64. The minimum Gasteiger partial charge on any atom is -0.507 e. The molecular weight excluding hydrogens is 355 g/mol. The number of hydrogen-bond acceptors (Lipinski definition) is 5. The number of carbonyl (C=O) groups is 1. The van der Waals surface area contributed by atoms with Gasteiger partial charge in [0.15, 0.2) is 11.5 Å². The Morgan fingerprint density at radius 1 is 1.29 bits per heavy atom. The minimum absolute atomic E-state index is 0.00149.